The second-order valence-electron chi connectivity index (χ2n) is 11.2. The molecule has 236 valence electrons. The van der Waals surface area contributed by atoms with Crippen LogP contribution in [0.15, 0.2) is 72.6 Å². The molecule has 9 nitrogen and oxygen atoms in total. The summed E-state index contributed by atoms with van der Waals surface area (Å²) in [6.45, 7) is 5.96. The molecule has 0 fully saturated rings. The van der Waals surface area contributed by atoms with Crippen LogP contribution in [-0.4, -0.2) is 32.4 Å². The minimum Gasteiger partial charge on any atom is -0.426 e. The van der Waals surface area contributed by atoms with E-state index in [1.165, 1.54) is 22.1 Å². The number of aliphatic hydroxyl groups is 1. The Bertz CT molecular complexity index is 1890. The lowest BCUT2D eigenvalue weighted by atomic mass is 9.82. The summed E-state index contributed by atoms with van der Waals surface area (Å²) >= 11 is 1.32. The number of rotatable bonds is 11. The van der Waals surface area contributed by atoms with E-state index in [9.17, 15) is 14.3 Å². The summed E-state index contributed by atoms with van der Waals surface area (Å²) in [5.74, 6) is -2.23. The zero-order valence-electron chi connectivity index (χ0n) is 25.6. The lowest BCUT2D eigenvalue weighted by molar-refractivity contribution is -0.689. The molecule has 2 atom stereocenters. The third-order valence-corrected chi connectivity index (χ3v) is 8.83. The highest BCUT2D eigenvalue weighted by Gasteiger charge is 2.43. The number of nitriles is 1. The van der Waals surface area contributed by atoms with Crippen molar-refractivity contribution in [1.82, 2.24) is 14.8 Å². The van der Waals surface area contributed by atoms with Crippen LogP contribution in [0, 0.1) is 36.8 Å². The summed E-state index contributed by atoms with van der Waals surface area (Å²) in [5.41, 5.74) is 8.03. The van der Waals surface area contributed by atoms with E-state index in [4.69, 9.17) is 20.7 Å². The number of aryl methyl sites for hydroxylation is 2. The highest BCUT2D eigenvalue weighted by atomic mass is 32.1. The van der Waals surface area contributed by atoms with Gasteiger partial charge in [-0.2, -0.15) is 5.26 Å². The van der Waals surface area contributed by atoms with Gasteiger partial charge in [0.1, 0.15) is 29.5 Å². The maximum Gasteiger partial charge on any atom is 0.312 e. The van der Waals surface area contributed by atoms with Crippen molar-refractivity contribution >= 4 is 17.3 Å². The molecule has 0 aliphatic heterocycles. The maximum absolute atomic E-state index is 15.3. The second kappa shape index (κ2) is 13.7. The Morgan fingerprint density at radius 3 is 2.54 bits per heavy atom. The van der Waals surface area contributed by atoms with Crippen molar-refractivity contribution in [3.8, 4) is 23.1 Å². The van der Waals surface area contributed by atoms with Crippen molar-refractivity contribution < 1.29 is 28.0 Å². The molecule has 12 heteroatoms. The van der Waals surface area contributed by atoms with Crippen molar-refractivity contribution in [1.29, 1.82) is 5.26 Å². The summed E-state index contributed by atoms with van der Waals surface area (Å²) in [5, 5.41) is 28.2. The molecule has 0 spiro atoms. The van der Waals surface area contributed by atoms with E-state index >= 15 is 4.39 Å². The van der Waals surface area contributed by atoms with Gasteiger partial charge in [-0.25, -0.2) is 18.3 Å². The van der Waals surface area contributed by atoms with Gasteiger partial charge in [0.05, 0.1) is 35.3 Å². The molecule has 0 aliphatic carbocycles. The van der Waals surface area contributed by atoms with Crippen molar-refractivity contribution in [2.24, 2.45) is 5.73 Å². The zero-order valence-corrected chi connectivity index (χ0v) is 26.4. The van der Waals surface area contributed by atoms with Crippen LogP contribution in [0.25, 0.3) is 11.3 Å². The molecule has 0 radical (unpaired) electrons. The monoisotopic (exact) mass is 643 g/mol. The Kier molecular flexibility index (Phi) is 9.67. The fourth-order valence-electron chi connectivity index (χ4n) is 5.39. The third kappa shape index (κ3) is 7.02. The van der Waals surface area contributed by atoms with Crippen molar-refractivity contribution in [2.75, 3.05) is 6.54 Å². The van der Waals surface area contributed by atoms with E-state index in [1.54, 1.807) is 43.8 Å². The molecule has 0 saturated heterocycles. The van der Waals surface area contributed by atoms with Gasteiger partial charge in [0.25, 0.3) is 6.33 Å². The molecule has 5 rings (SSSR count). The predicted molar refractivity (Wildman–Crippen MR) is 168 cm³/mol. The molecule has 0 bridgehead atoms. The predicted octanol–water partition coefficient (Wildman–Crippen LogP) is 5.05. The highest BCUT2D eigenvalue weighted by molar-refractivity contribution is 7.10. The number of hydrogen-bond donors (Lipinski definition) is 2. The SMILES string of the molecule is Cc1cc(C[n+]2cnn(C[C@](O)(c3ccc(F)cc3F)[C@@H](C)c3nc(-c4ccc(C#N)cc4)cs3)c2)cc(C)c1OC(=O)CCN. The lowest BCUT2D eigenvalue weighted by Gasteiger charge is -2.32. The summed E-state index contributed by atoms with van der Waals surface area (Å²) in [6, 6.07) is 16.0. The van der Waals surface area contributed by atoms with E-state index in [1.807, 2.05) is 35.9 Å². The van der Waals surface area contributed by atoms with Gasteiger partial charge in [-0.05, 0) is 60.9 Å². The van der Waals surface area contributed by atoms with Crippen molar-refractivity contribution in [3.05, 3.63) is 117 Å². The van der Waals surface area contributed by atoms with Gasteiger partial charge in [0.2, 0.25) is 6.33 Å². The molecule has 3 aromatic carbocycles. The molecule has 2 aromatic heterocycles. The molecule has 0 saturated carbocycles. The first-order valence-corrected chi connectivity index (χ1v) is 15.4. The largest absolute Gasteiger partial charge is 0.426 e. The number of carbonyl (C=O) groups is 1. The van der Waals surface area contributed by atoms with Gasteiger partial charge in [-0.1, -0.05) is 25.1 Å². The average Bonchev–Trinajstić information content (AvgIpc) is 3.68. The summed E-state index contributed by atoms with van der Waals surface area (Å²) in [6.07, 6.45) is 3.42. The molecule has 2 heterocycles. The molecule has 0 amide bonds. The van der Waals surface area contributed by atoms with Crippen molar-refractivity contribution in [2.45, 2.75) is 51.8 Å². The standard InChI is InChI=1S/C34H33F2N6O3S/c1-21-12-25(13-22(2)32(21)45-31(43)10-11-37)16-41-19-39-42(20-41)18-34(44,28-9-8-27(35)14-29(28)36)23(3)33-40-30(17-46-33)26-6-4-24(15-38)5-7-26/h4-9,12-14,17,19-20,23,44H,10-11,16,18,37H2,1-3H3/q+1/t23-,34+/m0/s1. The molecular formula is C34H33F2N6O3S+. The first-order chi connectivity index (χ1) is 22.0. The number of halogens is 2. The highest BCUT2D eigenvalue weighted by Crippen LogP contribution is 2.41. The van der Waals surface area contributed by atoms with Crippen LogP contribution in [0.5, 0.6) is 5.75 Å². The lowest BCUT2D eigenvalue weighted by Crippen LogP contribution is -2.39. The summed E-state index contributed by atoms with van der Waals surface area (Å²) in [4.78, 5) is 16.7. The molecule has 46 heavy (non-hydrogen) atoms. The number of nitrogens with zero attached hydrogens (tertiary/aromatic N) is 5. The number of nitrogens with two attached hydrogens (primary N) is 1. The van der Waals surface area contributed by atoms with E-state index in [2.05, 4.69) is 11.2 Å². The molecular weight excluding hydrogens is 610 g/mol. The minimum absolute atomic E-state index is 0.0791. The molecule has 5 aromatic rings. The zero-order chi connectivity index (χ0) is 33.0. The maximum atomic E-state index is 15.3. The number of carbonyl (C=O) groups excluding carboxylic acids is 1. The van der Waals surface area contributed by atoms with Gasteiger partial charge in [-0.3, -0.25) is 4.79 Å². The first-order valence-electron chi connectivity index (χ1n) is 14.6. The van der Waals surface area contributed by atoms with Gasteiger partial charge in [0.15, 0.2) is 0 Å². The molecule has 0 unspecified atom stereocenters. The van der Waals surface area contributed by atoms with Crippen LogP contribution in [-0.2, 0) is 23.5 Å². The Morgan fingerprint density at radius 1 is 1.17 bits per heavy atom. The van der Waals surface area contributed by atoms with E-state index < -0.39 is 23.2 Å². The fraction of sp³-hybridized carbons (Fsp3) is 0.265. The van der Waals surface area contributed by atoms with Gasteiger partial charge < -0.3 is 15.6 Å². The minimum atomic E-state index is -1.86. The molecule has 0 aliphatic rings. The smallest absolute Gasteiger partial charge is 0.312 e. The number of aromatic nitrogens is 4. The fourth-order valence-corrected chi connectivity index (χ4v) is 6.37. The van der Waals surface area contributed by atoms with Crippen molar-refractivity contribution in [3.63, 3.8) is 0 Å². The Morgan fingerprint density at radius 2 is 1.89 bits per heavy atom. The molecule has 3 N–H and O–H groups in total. The van der Waals surface area contributed by atoms with Crippen LogP contribution in [0.3, 0.4) is 0 Å². The number of hydrogen-bond acceptors (Lipinski definition) is 8. The third-order valence-electron chi connectivity index (χ3n) is 7.80. The number of esters is 1. The van der Waals surface area contributed by atoms with Gasteiger partial charge >= 0.3 is 5.97 Å². The summed E-state index contributed by atoms with van der Waals surface area (Å²) < 4.78 is 38.0. The van der Waals surface area contributed by atoms with E-state index in [0.29, 0.717) is 28.6 Å². The second-order valence-corrected chi connectivity index (χ2v) is 12.1. The Balaban J connectivity index is 1.41. The van der Waals surface area contributed by atoms with E-state index in [0.717, 1.165) is 34.4 Å². The van der Waals surface area contributed by atoms with Crippen LogP contribution < -0.4 is 15.0 Å². The first kappa shape index (κ1) is 32.6. The summed E-state index contributed by atoms with van der Waals surface area (Å²) in [7, 11) is 0. The van der Waals surface area contributed by atoms with Crippen LogP contribution in [0.1, 0.15) is 52.1 Å². The van der Waals surface area contributed by atoms with Crippen LogP contribution in [0.2, 0.25) is 0 Å². The Hall–Kier alpha value is -4.83. The average molecular weight is 644 g/mol. The number of thiazole rings is 1. The van der Waals surface area contributed by atoms with Crippen LogP contribution >= 0.6 is 11.3 Å². The van der Waals surface area contributed by atoms with Gasteiger partial charge in [0, 0.05) is 40.1 Å². The Labute approximate surface area is 269 Å². The number of benzene rings is 3. The normalized spacial score (nSPS) is 13.2. The number of ether oxygens (including phenoxy) is 1. The van der Waals surface area contributed by atoms with E-state index in [-0.39, 0.29) is 31.0 Å². The quantitative estimate of drug-likeness (QED) is 0.117. The van der Waals surface area contributed by atoms with Gasteiger partial charge in [-0.15, -0.1) is 16.0 Å². The topological polar surface area (TPSA) is 131 Å². The van der Waals surface area contributed by atoms with Crippen LogP contribution in [0.4, 0.5) is 8.78 Å².